The summed E-state index contributed by atoms with van der Waals surface area (Å²) in [7, 11) is 0. The van der Waals surface area contributed by atoms with Gasteiger partial charge in [-0.2, -0.15) is 0 Å². The lowest BCUT2D eigenvalue weighted by molar-refractivity contribution is 0.0988. The first kappa shape index (κ1) is 12.6. The molecule has 0 unspecified atom stereocenters. The molecule has 0 atom stereocenters. The summed E-state index contributed by atoms with van der Waals surface area (Å²) in [4.78, 5) is 11.6. The highest BCUT2D eigenvalue weighted by Crippen LogP contribution is 2.16. The normalized spacial score (nSPS) is 10.6. The summed E-state index contributed by atoms with van der Waals surface area (Å²) in [5.74, 6) is 0.204. The van der Waals surface area contributed by atoms with Gasteiger partial charge in [0.15, 0.2) is 5.78 Å². The van der Waals surface area contributed by atoms with Crippen molar-refractivity contribution < 1.29 is 4.79 Å². The first-order valence-corrected chi connectivity index (χ1v) is 6.36. The highest BCUT2D eigenvalue weighted by atomic mass is 16.1. The standard InChI is InChI=1S/C16H19NO/c1-4-16(18)14-8-9-17(10-14)11-15-12(2)6-5-7-13(15)3/h5-10H,4,11H2,1-3H3. The smallest absolute Gasteiger partial charge is 0.164 e. The predicted molar refractivity (Wildman–Crippen MR) is 74.1 cm³/mol. The zero-order valence-electron chi connectivity index (χ0n) is 11.2. The van der Waals surface area contributed by atoms with Crippen molar-refractivity contribution in [2.24, 2.45) is 0 Å². The number of Topliss-reactive ketones (excluding diaryl/α,β-unsaturated/α-hetero) is 1. The van der Waals surface area contributed by atoms with Crippen molar-refractivity contribution in [2.45, 2.75) is 33.7 Å². The van der Waals surface area contributed by atoms with Crippen molar-refractivity contribution in [1.29, 1.82) is 0 Å². The van der Waals surface area contributed by atoms with E-state index in [1.54, 1.807) is 0 Å². The predicted octanol–water partition coefficient (Wildman–Crippen LogP) is 3.75. The van der Waals surface area contributed by atoms with Gasteiger partial charge < -0.3 is 4.57 Å². The van der Waals surface area contributed by atoms with Crippen LogP contribution in [0.4, 0.5) is 0 Å². The minimum absolute atomic E-state index is 0.204. The van der Waals surface area contributed by atoms with Crippen LogP contribution in [0.25, 0.3) is 0 Å². The van der Waals surface area contributed by atoms with Crippen molar-refractivity contribution in [2.75, 3.05) is 0 Å². The minimum atomic E-state index is 0.204. The Hall–Kier alpha value is -1.83. The fourth-order valence-electron chi connectivity index (χ4n) is 2.19. The van der Waals surface area contributed by atoms with Gasteiger partial charge in [0.2, 0.25) is 0 Å². The molecule has 0 aliphatic heterocycles. The fraction of sp³-hybridized carbons (Fsp3) is 0.312. The second-order valence-corrected chi connectivity index (χ2v) is 4.72. The number of hydrogen-bond donors (Lipinski definition) is 0. The summed E-state index contributed by atoms with van der Waals surface area (Å²) >= 11 is 0. The van der Waals surface area contributed by atoms with E-state index in [1.807, 2.05) is 25.4 Å². The SMILES string of the molecule is CCC(=O)c1ccn(Cc2c(C)cccc2C)c1. The van der Waals surface area contributed by atoms with Gasteiger partial charge in [-0.15, -0.1) is 0 Å². The van der Waals surface area contributed by atoms with Crippen LogP contribution < -0.4 is 0 Å². The lowest BCUT2D eigenvalue weighted by atomic mass is 10.0. The molecule has 2 nitrogen and oxygen atoms in total. The molecule has 1 heterocycles. The van der Waals surface area contributed by atoms with E-state index in [1.165, 1.54) is 16.7 Å². The van der Waals surface area contributed by atoms with E-state index < -0.39 is 0 Å². The molecule has 0 aliphatic carbocycles. The molecule has 0 N–H and O–H groups in total. The number of aryl methyl sites for hydroxylation is 2. The maximum Gasteiger partial charge on any atom is 0.164 e. The Kier molecular flexibility index (Phi) is 3.66. The number of rotatable bonds is 4. The van der Waals surface area contributed by atoms with Crippen LogP contribution in [0.3, 0.4) is 0 Å². The Labute approximate surface area is 108 Å². The topological polar surface area (TPSA) is 22.0 Å². The number of hydrogen-bond acceptors (Lipinski definition) is 1. The molecule has 1 aromatic heterocycles. The molecule has 0 spiro atoms. The van der Waals surface area contributed by atoms with Crippen LogP contribution in [0.2, 0.25) is 0 Å². The highest BCUT2D eigenvalue weighted by molar-refractivity contribution is 5.95. The summed E-state index contributed by atoms with van der Waals surface area (Å²) in [6, 6.07) is 8.24. The molecule has 1 aromatic carbocycles. The van der Waals surface area contributed by atoms with Crippen LogP contribution in [-0.4, -0.2) is 10.4 Å². The van der Waals surface area contributed by atoms with Gasteiger partial charge in [-0.05, 0) is 36.6 Å². The molecule has 0 bridgehead atoms. The molecule has 2 rings (SSSR count). The lowest BCUT2D eigenvalue weighted by Gasteiger charge is -2.10. The van der Waals surface area contributed by atoms with Gasteiger partial charge in [0.25, 0.3) is 0 Å². The first-order valence-electron chi connectivity index (χ1n) is 6.36. The molecule has 0 saturated heterocycles. The van der Waals surface area contributed by atoms with Gasteiger partial charge >= 0.3 is 0 Å². The third-order valence-corrected chi connectivity index (χ3v) is 3.38. The van der Waals surface area contributed by atoms with E-state index in [4.69, 9.17) is 0 Å². The van der Waals surface area contributed by atoms with Crippen LogP contribution in [0.15, 0.2) is 36.7 Å². The lowest BCUT2D eigenvalue weighted by Crippen LogP contribution is -2.02. The molecule has 2 heteroatoms. The number of carbonyl (C=O) groups excluding carboxylic acids is 1. The van der Waals surface area contributed by atoms with Crippen LogP contribution in [-0.2, 0) is 6.54 Å². The summed E-state index contributed by atoms with van der Waals surface area (Å²) < 4.78 is 2.08. The molecule has 2 aromatic rings. The van der Waals surface area contributed by atoms with Crippen LogP contribution in [0.1, 0.15) is 40.4 Å². The van der Waals surface area contributed by atoms with E-state index in [0.717, 1.165) is 12.1 Å². The van der Waals surface area contributed by atoms with Crippen LogP contribution in [0.5, 0.6) is 0 Å². The van der Waals surface area contributed by atoms with Crippen molar-refractivity contribution in [3.63, 3.8) is 0 Å². The zero-order chi connectivity index (χ0) is 13.1. The number of aromatic nitrogens is 1. The summed E-state index contributed by atoms with van der Waals surface area (Å²) in [5, 5.41) is 0. The average molecular weight is 241 g/mol. The quantitative estimate of drug-likeness (QED) is 0.747. The first-order chi connectivity index (χ1) is 8.61. The second kappa shape index (κ2) is 5.21. The zero-order valence-corrected chi connectivity index (χ0v) is 11.2. The Bertz CT molecular complexity index is 546. The maximum atomic E-state index is 11.6. The van der Waals surface area contributed by atoms with Crippen molar-refractivity contribution >= 4 is 5.78 Å². The van der Waals surface area contributed by atoms with E-state index >= 15 is 0 Å². The molecular formula is C16H19NO. The van der Waals surface area contributed by atoms with Gasteiger partial charge in [-0.1, -0.05) is 25.1 Å². The largest absolute Gasteiger partial charge is 0.349 e. The molecular weight excluding hydrogens is 222 g/mol. The molecule has 0 saturated carbocycles. The molecule has 0 aliphatic rings. The van der Waals surface area contributed by atoms with Gasteiger partial charge in [0.1, 0.15) is 0 Å². The summed E-state index contributed by atoms with van der Waals surface area (Å²) in [5.41, 5.74) is 4.74. The molecule has 0 radical (unpaired) electrons. The minimum Gasteiger partial charge on any atom is -0.349 e. The Morgan fingerprint density at radius 2 is 1.83 bits per heavy atom. The second-order valence-electron chi connectivity index (χ2n) is 4.72. The van der Waals surface area contributed by atoms with E-state index in [2.05, 4.69) is 36.6 Å². The van der Waals surface area contributed by atoms with Crippen molar-refractivity contribution in [3.05, 3.63) is 58.9 Å². The fourth-order valence-corrected chi connectivity index (χ4v) is 2.19. The molecule has 0 fully saturated rings. The van der Waals surface area contributed by atoms with Crippen molar-refractivity contribution in [1.82, 2.24) is 4.57 Å². The highest BCUT2D eigenvalue weighted by Gasteiger charge is 2.07. The monoisotopic (exact) mass is 241 g/mol. The van der Waals surface area contributed by atoms with Crippen LogP contribution in [0, 0.1) is 13.8 Å². The Balaban J connectivity index is 2.24. The number of ketones is 1. The van der Waals surface area contributed by atoms with Gasteiger partial charge in [-0.3, -0.25) is 4.79 Å². The van der Waals surface area contributed by atoms with E-state index in [-0.39, 0.29) is 5.78 Å². The van der Waals surface area contributed by atoms with Gasteiger partial charge in [0.05, 0.1) is 0 Å². The van der Waals surface area contributed by atoms with E-state index in [9.17, 15) is 4.79 Å². The third-order valence-electron chi connectivity index (χ3n) is 3.38. The van der Waals surface area contributed by atoms with Gasteiger partial charge in [-0.25, -0.2) is 0 Å². The average Bonchev–Trinajstić information content (AvgIpc) is 2.81. The molecule has 0 amide bonds. The number of carbonyl (C=O) groups is 1. The Morgan fingerprint density at radius 1 is 1.17 bits per heavy atom. The summed E-state index contributed by atoms with van der Waals surface area (Å²) in [6.45, 7) is 6.98. The van der Waals surface area contributed by atoms with Gasteiger partial charge in [0, 0.05) is 30.9 Å². The summed E-state index contributed by atoms with van der Waals surface area (Å²) in [6.07, 6.45) is 4.49. The van der Waals surface area contributed by atoms with Crippen molar-refractivity contribution in [3.8, 4) is 0 Å². The van der Waals surface area contributed by atoms with E-state index in [0.29, 0.717) is 6.42 Å². The Morgan fingerprint density at radius 3 is 2.44 bits per heavy atom. The number of benzene rings is 1. The molecule has 94 valence electrons. The number of nitrogens with zero attached hydrogens (tertiary/aromatic N) is 1. The third kappa shape index (κ3) is 2.53. The maximum absolute atomic E-state index is 11.6. The van der Waals surface area contributed by atoms with Crippen LogP contribution >= 0.6 is 0 Å². The molecule has 18 heavy (non-hydrogen) atoms.